The molecule has 112 heavy (non-hydrogen) atoms. The summed E-state index contributed by atoms with van der Waals surface area (Å²) in [5.41, 5.74) is 12.5. The number of para-hydroxylation sites is 1. The Labute approximate surface area is 653 Å². The highest BCUT2D eigenvalue weighted by molar-refractivity contribution is 6.00. The fraction of sp³-hybridized carbons (Fsp3) is 0.628. The number of aromatic nitrogens is 1. The molecular formula is C78H120N14O20. The van der Waals surface area contributed by atoms with E-state index in [1.54, 1.807) is 72.0 Å². The van der Waals surface area contributed by atoms with Gasteiger partial charge in [0, 0.05) is 49.3 Å². The van der Waals surface area contributed by atoms with E-state index in [1.165, 1.54) is 30.9 Å². The molecule has 1 aliphatic rings. The lowest BCUT2D eigenvalue weighted by molar-refractivity contribution is -0.143. The Bertz CT molecular complexity index is 3630. The largest absolute Gasteiger partial charge is 0.480 e. The Morgan fingerprint density at radius 3 is 1.46 bits per heavy atom. The summed E-state index contributed by atoms with van der Waals surface area (Å²) >= 11 is 0. The molecule has 3 aromatic rings. The van der Waals surface area contributed by atoms with E-state index in [-0.39, 0.29) is 68.3 Å². The number of nitrogens with two attached hydrogens (primary N) is 2. The Kier molecular flexibility index (Phi) is 40.9. The number of carboxylic acid groups (broad SMARTS) is 2. The number of aromatic amines is 1. The highest BCUT2D eigenvalue weighted by Crippen LogP contribution is 2.24. The van der Waals surface area contributed by atoms with Crippen molar-refractivity contribution in [1.82, 2.24) is 63.1 Å². The third-order valence-corrected chi connectivity index (χ3v) is 19.6. The van der Waals surface area contributed by atoms with Crippen molar-refractivity contribution in [3.63, 3.8) is 0 Å². The van der Waals surface area contributed by atoms with E-state index in [0.717, 1.165) is 68.7 Å². The first kappa shape index (κ1) is 94.3. The fourth-order valence-corrected chi connectivity index (χ4v) is 13.1. The van der Waals surface area contributed by atoms with Gasteiger partial charge in [-0.15, -0.1) is 0 Å². The maximum atomic E-state index is 14.2. The highest BCUT2D eigenvalue weighted by Gasteiger charge is 2.41. The van der Waals surface area contributed by atoms with Gasteiger partial charge >= 0.3 is 11.9 Å². The lowest BCUT2D eigenvalue weighted by Crippen LogP contribution is -2.62. The number of aliphatic carboxylic acids is 2. The SMILES string of the molecule is CC[C@H](C)[C@H](NC(=O)[C@H](CCC(N)=O)NC(=O)[C@@H]1CCCN1C(=O)CCCCCCCCCCCCCCC(=O)N[C@@H](CO)C(=O)N[C@H](C(=O)N[C@@H](CC(C)C)C(=O)N[C@@H](CC(N)=O)C(=O)N[C@H](C(=O)O)c1ccccc1)[C@@H](C)O)C(=O)N[C@H](C(=O)N[C@@H](CC(C)C)C(=O)N[C@@H](Cc1c[nH]c2ccccc12)C(=O)O)[C@@H](C)O. The van der Waals surface area contributed by atoms with Crippen LogP contribution in [0.15, 0.2) is 60.8 Å². The van der Waals surface area contributed by atoms with E-state index in [4.69, 9.17) is 11.5 Å². The molecule has 622 valence electrons. The average Bonchev–Trinajstić information content (AvgIpc) is 1.70. The molecule has 0 spiro atoms. The van der Waals surface area contributed by atoms with Gasteiger partial charge in [0.25, 0.3) is 0 Å². The van der Waals surface area contributed by atoms with Crippen LogP contribution >= 0.6 is 0 Å². The van der Waals surface area contributed by atoms with Crippen LogP contribution in [0.25, 0.3) is 10.9 Å². The van der Waals surface area contributed by atoms with Crippen LogP contribution < -0.4 is 64.6 Å². The Hall–Kier alpha value is -10.1. The summed E-state index contributed by atoms with van der Waals surface area (Å²) < 4.78 is 0. The van der Waals surface area contributed by atoms with Crippen LogP contribution in [0.2, 0.25) is 0 Å². The molecule has 34 heteroatoms. The van der Waals surface area contributed by atoms with E-state index in [0.29, 0.717) is 50.6 Å². The third-order valence-electron chi connectivity index (χ3n) is 19.6. The molecule has 13 amide bonds. The Morgan fingerprint density at radius 1 is 0.491 bits per heavy atom. The first-order valence-electron chi connectivity index (χ1n) is 39.0. The molecule has 0 bridgehead atoms. The van der Waals surface area contributed by atoms with Gasteiger partial charge in [-0.25, -0.2) is 9.59 Å². The van der Waals surface area contributed by atoms with Crippen LogP contribution in [-0.2, 0) is 78.3 Å². The molecule has 1 saturated heterocycles. The van der Waals surface area contributed by atoms with Crippen LogP contribution in [0.4, 0.5) is 0 Å². The van der Waals surface area contributed by atoms with Crippen molar-refractivity contribution >= 4 is 99.6 Å². The van der Waals surface area contributed by atoms with Crippen LogP contribution in [0.5, 0.6) is 0 Å². The summed E-state index contributed by atoms with van der Waals surface area (Å²) in [6, 6.07) is -1.01. The second kappa shape index (κ2) is 48.6. The van der Waals surface area contributed by atoms with Crippen molar-refractivity contribution < 1.29 is 97.5 Å². The number of aliphatic hydroxyl groups is 3. The van der Waals surface area contributed by atoms with Gasteiger partial charge in [-0.05, 0) is 93.7 Å². The number of amides is 13. The van der Waals surface area contributed by atoms with E-state index >= 15 is 0 Å². The highest BCUT2D eigenvalue weighted by atomic mass is 16.4. The standard InChI is InChI=1S/C78H120N14O20/c1-9-46(6)64(74(106)90-66(48(8)95)76(108)86-55(39-45(4)5)70(102)87-57(77(109)110)40-50-42-81-52-31-26-25-30-51(50)52)88-68(100)53(35-36-60(79)96)83-73(105)59-32-27-37-92(59)63(99)34-24-19-17-15-13-11-10-12-14-16-18-23-33-62(98)82-58(43-93)72(104)89-65(47(7)94)75(107)85-54(38-44(2)3)69(101)84-56(41-61(80)97)71(103)91-67(78(111)112)49-28-21-20-22-29-49/h20-22,25-26,28-31,42,44-48,53-59,64-67,81,93-95H,9-19,23-24,27,32-41,43H2,1-8H3,(H2,79,96)(H2,80,97)(H,82,98)(H,83,105)(H,84,101)(H,85,107)(H,86,108)(H,87,102)(H,88,100)(H,89,104)(H,90,106)(H,91,103)(H,109,110)(H,111,112)/t46-,47+,48+,53-,54-,55-,56-,57-,58-,59-,64-,65-,66-,67-/m0/s1. The molecule has 14 atom stereocenters. The molecule has 1 fully saturated rings. The number of carbonyl (C=O) groups excluding carboxylic acids is 13. The first-order chi connectivity index (χ1) is 53.1. The summed E-state index contributed by atoms with van der Waals surface area (Å²) in [5.74, 6) is -14.6. The predicted octanol–water partition coefficient (Wildman–Crippen LogP) is 1.59. The molecule has 1 aromatic heterocycles. The topological polar surface area (TPSA) is 549 Å². The summed E-state index contributed by atoms with van der Waals surface area (Å²) in [6.45, 7) is 12.3. The Morgan fingerprint density at radius 2 is 0.955 bits per heavy atom. The van der Waals surface area contributed by atoms with E-state index in [9.17, 15) is 97.5 Å². The second-order valence-corrected chi connectivity index (χ2v) is 29.9. The van der Waals surface area contributed by atoms with Crippen molar-refractivity contribution in [1.29, 1.82) is 0 Å². The first-order valence-corrected chi connectivity index (χ1v) is 39.0. The molecule has 2 heterocycles. The molecule has 2 aromatic carbocycles. The number of aliphatic hydroxyl groups excluding tert-OH is 3. The van der Waals surface area contributed by atoms with Crippen molar-refractivity contribution in [3.05, 3.63) is 71.9 Å². The molecule has 4 rings (SSSR count). The summed E-state index contributed by atoms with van der Waals surface area (Å²) in [4.78, 5) is 204. The van der Waals surface area contributed by atoms with Gasteiger partial charge in [-0.1, -0.05) is 161 Å². The molecule has 0 aliphatic carbocycles. The van der Waals surface area contributed by atoms with Crippen molar-refractivity contribution in [2.75, 3.05) is 13.2 Å². The molecule has 34 nitrogen and oxygen atoms in total. The fourth-order valence-electron chi connectivity index (χ4n) is 13.1. The number of benzene rings is 2. The van der Waals surface area contributed by atoms with Crippen molar-refractivity contribution in [2.24, 2.45) is 29.2 Å². The van der Waals surface area contributed by atoms with Gasteiger partial charge in [-0.2, -0.15) is 0 Å². The minimum atomic E-state index is -1.71. The number of rotatable bonds is 53. The molecular weight excluding hydrogens is 1450 g/mol. The number of carboxylic acids is 2. The van der Waals surface area contributed by atoms with Gasteiger partial charge in [0.1, 0.15) is 60.4 Å². The normalized spacial score (nSPS) is 16.2. The smallest absolute Gasteiger partial charge is 0.330 e. The van der Waals surface area contributed by atoms with Crippen molar-refractivity contribution in [3.8, 4) is 0 Å². The van der Waals surface area contributed by atoms with Crippen LogP contribution in [0.3, 0.4) is 0 Å². The quantitative estimate of drug-likeness (QED) is 0.0357. The number of hydrogen-bond acceptors (Lipinski definition) is 18. The zero-order valence-corrected chi connectivity index (χ0v) is 65.7. The van der Waals surface area contributed by atoms with Gasteiger partial charge in [-0.3, -0.25) is 62.3 Å². The number of H-pyrrole nitrogens is 1. The van der Waals surface area contributed by atoms with Crippen LogP contribution in [-0.4, -0.2) is 210 Å². The zero-order chi connectivity index (χ0) is 83.3. The number of fused-ring (bicyclic) bond motifs is 1. The van der Waals surface area contributed by atoms with Gasteiger partial charge in [0.05, 0.1) is 25.2 Å². The average molecular weight is 1570 g/mol. The number of carbonyl (C=O) groups is 15. The van der Waals surface area contributed by atoms with E-state index in [2.05, 4.69) is 58.2 Å². The molecule has 0 saturated carbocycles. The Balaban J connectivity index is 1.18. The van der Waals surface area contributed by atoms with Gasteiger partial charge in [0.2, 0.25) is 76.8 Å². The lowest BCUT2D eigenvalue weighted by Gasteiger charge is -2.30. The molecule has 1 aliphatic heterocycles. The van der Waals surface area contributed by atoms with E-state index in [1.807, 2.05) is 18.2 Å². The number of likely N-dealkylation sites (tertiary alicyclic amines) is 1. The molecule has 20 N–H and O–H groups in total. The number of nitrogens with one attached hydrogen (secondary N) is 11. The molecule has 0 unspecified atom stereocenters. The van der Waals surface area contributed by atoms with Crippen molar-refractivity contribution in [2.45, 2.75) is 282 Å². The number of nitrogens with zero attached hydrogens (tertiary/aromatic N) is 1. The predicted molar refractivity (Wildman–Crippen MR) is 412 cm³/mol. The zero-order valence-electron chi connectivity index (χ0n) is 65.7. The molecule has 0 radical (unpaired) electrons. The van der Waals surface area contributed by atoms with Crippen LogP contribution in [0, 0.1) is 17.8 Å². The minimum Gasteiger partial charge on any atom is -0.480 e. The summed E-state index contributed by atoms with van der Waals surface area (Å²) in [7, 11) is 0. The van der Waals surface area contributed by atoms with Gasteiger partial charge in [0.15, 0.2) is 6.04 Å². The third kappa shape index (κ3) is 32.3. The van der Waals surface area contributed by atoms with Crippen LogP contribution in [0.1, 0.15) is 214 Å². The summed E-state index contributed by atoms with van der Waals surface area (Å²) in [5, 5.41) is 77.2. The lowest BCUT2D eigenvalue weighted by atomic mass is 9.96. The maximum Gasteiger partial charge on any atom is 0.330 e. The number of hydrogen-bond donors (Lipinski definition) is 18. The number of unbranched alkanes of at least 4 members (excludes halogenated alkanes) is 11. The maximum absolute atomic E-state index is 14.2. The summed E-state index contributed by atoms with van der Waals surface area (Å²) in [6.07, 6.45) is 8.62. The monoisotopic (exact) mass is 1570 g/mol. The minimum absolute atomic E-state index is 0.0319. The number of primary amides is 2. The second-order valence-electron chi connectivity index (χ2n) is 29.9. The van der Waals surface area contributed by atoms with Gasteiger partial charge < -0.3 is 100 Å². The van der Waals surface area contributed by atoms with E-state index < -0.39 is 180 Å².